The third-order valence-corrected chi connectivity index (χ3v) is 3.97. The van der Waals surface area contributed by atoms with Crippen molar-refractivity contribution in [2.45, 2.75) is 57.5 Å². The number of hydrogen-bond donors (Lipinski definition) is 2. The molecule has 5 nitrogen and oxygen atoms in total. The summed E-state index contributed by atoms with van der Waals surface area (Å²) in [6, 6.07) is 0.568. The summed E-state index contributed by atoms with van der Waals surface area (Å²) in [4.78, 5) is 11.9. The lowest BCUT2D eigenvalue weighted by Crippen LogP contribution is -2.40. The zero-order valence-corrected chi connectivity index (χ0v) is 13.1. The number of aromatic nitrogens is 1. The van der Waals surface area contributed by atoms with Crippen molar-refractivity contribution < 1.29 is 9.32 Å². The van der Waals surface area contributed by atoms with Crippen LogP contribution in [0.15, 0.2) is 4.52 Å². The predicted octanol–water partition coefficient (Wildman–Crippen LogP) is 2.38. The standard InChI is InChI=1S/C13H20ClN3O2.ClH/c1-8-11(13(14)19-17-8)6-7-12(18)16-10-4-2-9(15)3-5-10;/h9-10H,2-7,15H2,1H3,(H,16,18);1H. The average Bonchev–Trinajstić information content (AvgIpc) is 2.70. The van der Waals surface area contributed by atoms with Gasteiger partial charge in [0, 0.05) is 24.1 Å². The monoisotopic (exact) mass is 321 g/mol. The van der Waals surface area contributed by atoms with E-state index in [-0.39, 0.29) is 29.6 Å². The number of nitrogens with two attached hydrogens (primary N) is 1. The fourth-order valence-corrected chi connectivity index (χ4v) is 2.71. The Balaban J connectivity index is 0.00000200. The number of rotatable bonds is 4. The molecule has 1 saturated carbocycles. The maximum absolute atomic E-state index is 11.9. The largest absolute Gasteiger partial charge is 0.353 e. The van der Waals surface area contributed by atoms with Gasteiger partial charge in [0.15, 0.2) is 0 Å². The molecule has 1 aliphatic rings. The van der Waals surface area contributed by atoms with Crippen LogP contribution in [0, 0.1) is 6.92 Å². The lowest BCUT2D eigenvalue weighted by atomic mass is 9.92. The molecule has 1 amide bonds. The van der Waals surface area contributed by atoms with Crippen molar-refractivity contribution >= 4 is 29.9 Å². The van der Waals surface area contributed by atoms with Gasteiger partial charge >= 0.3 is 0 Å². The highest BCUT2D eigenvalue weighted by molar-refractivity contribution is 6.29. The Morgan fingerprint density at radius 1 is 1.45 bits per heavy atom. The second-order valence-electron chi connectivity index (χ2n) is 5.20. The van der Waals surface area contributed by atoms with E-state index in [2.05, 4.69) is 10.5 Å². The summed E-state index contributed by atoms with van der Waals surface area (Å²) in [5.41, 5.74) is 7.41. The lowest BCUT2D eigenvalue weighted by molar-refractivity contribution is -0.122. The van der Waals surface area contributed by atoms with Crippen LogP contribution in [0.25, 0.3) is 0 Å². The Morgan fingerprint density at radius 3 is 2.65 bits per heavy atom. The van der Waals surface area contributed by atoms with Gasteiger partial charge in [0.05, 0.1) is 5.69 Å². The van der Waals surface area contributed by atoms with Crippen molar-refractivity contribution in [1.29, 1.82) is 0 Å². The number of carbonyl (C=O) groups is 1. The summed E-state index contributed by atoms with van der Waals surface area (Å²) in [6.45, 7) is 1.82. The van der Waals surface area contributed by atoms with Gasteiger partial charge in [-0.15, -0.1) is 12.4 Å². The van der Waals surface area contributed by atoms with Crippen LogP contribution < -0.4 is 11.1 Å². The summed E-state index contributed by atoms with van der Waals surface area (Å²) in [7, 11) is 0. The van der Waals surface area contributed by atoms with Crippen LogP contribution in [-0.4, -0.2) is 23.1 Å². The summed E-state index contributed by atoms with van der Waals surface area (Å²) in [5, 5.41) is 7.10. The molecule has 1 aromatic heterocycles. The van der Waals surface area contributed by atoms with Crippen LogP contribution in [-0.2, 0) is 11.2 Å². The predicted molar refractivity (Wildman–Crippen MR) is 80.2 cm³/mol. The van der Waals surface area contributed by atoms with E-state index in [9.17, 15) is 4.79 Å². The van der Waals surface area contributed by atoms with Crippen LogP contribution in [0.2, 0.25) is 5.22 Å². The fourth-order valence-electron chi connectivity index (χ4n) is 2.44. The number of carbonyl (C=O) groups excluding carboxylic acids is 1. The molecular weight excluding hydrogens is 301 g/mol. The molecule has 0 radical (unpaired) electrons. The van der Waals surface area contributed by atoms with Gasteiger partial charge in [-0.3, -0.25) is 4.79 Å². The van der Waals surface area contributed by atoms with Crippen LogP contribution in [0.5, 0.6) is 0 Å². The van der Waals surface area contributed by atoms with Gasteiger partial charge in [0.25, 0.3) is 0 Å². The molecule has 1 aliphatic carbocycles. The average molecular weight is 322 g/mol. The Kier molecular flexibility index (Phi) is 6.79. The first-order chi connectivity index (χ1) is 9.06. The minimum absolute atomic E-state index is 0. The maximum Gasteiger partial charge on any atom is 0.229 e. The van der Waals surface area contributed by atoms with E-state index in [1.807, 2.05) is 6.92 Å². The lowest BCUT2D eigenvalue weighted by Gasteiger charge is -2.26. The third-order valence-electron chi connectivity index (χ3n) is 3.68. The third kappa shape index (κ3) is 4.65. The molecule has 1 fully saturated rings. The number of halogens is 2. The molecule has 0 aliphatic heterocycles. The van der Waals surface area contributed by atoms with Crippen LogP contribution >= 0.6 is 24.0 Å². The molecule has 0 bridgehead atoms. The Labute approximate surface area is 130 Å². The van der Waals surface area contributed by atoms with E-state index in [1.165, 1.54) is 0 Å². The van der Waals surface area contributed by atoms with Crippen molar-refractivity contribution in [1.82, 2.24) is 10.5 Å². The van der Waals surface area contributed by atoms with Crippen molar-refractivity contribution in [3.8, 4) is 0 Å². The highest BCUT2D eigenvalue weighted by Gasteiger charge is 2.20. The van der Waals surface area contributed by atoms with Crippen LogP contribution in [0.4, 0.5) is 0 Å². The Bertz CT molecular complexity index is 423. The van der Waals surface area contributed by atoms with E-state index in [0.717, 1.165) is 36.9 Å². The zero-order valence-electron chi connectivity index (χ0n) is 11.5. The number of hydrogen-bond acceptors (Lipinski definition) is 4. The molecule has 114 valence electrons. The highest BCUT2D eigenvalue weighted by Crippen LogP contribution is 2.21. The molecule has 0 spiro atoms. The number of nitrogens with one attached hydrogen (secondary N) is 1. The van der Waals surface area contributed by atoms with Crippen molar-refractivity contribution in [2.75, 3.05) is 0 Å². The van der Waals surface area contributed by atoms with E-state index in [4.69, 9.17) is 21.9 Å². The minimum atomic E-state index is 0. The second kappa shape index (κ2) is 7.86. The molecule has 7 heteroatoms. The highest BCUT2D eigenvalue weighted by atomic mass is 35.5. The van der Waals surface area contributed by atoms with Gasteiger partial charge in [-0.1, -0.05) is 5.16 Å². The van der Waals surface area contributed by atoms with E-state index in [1.54, 1.807) is 0 Å². The van der Waals surface area contributed by atoms with Crippen LogP contribution in [0.1, 0.15) is 43.4 Å². The number of amides is 1. The van der Waals surface area contributed by atoms with E-state index in [0.29, 0.717) is 18.9 Å². The second-order valence-corrected chi connectivity index (χ2v) is 5.54. The molecule has 0 atom stereocenters. The topological polar surface area (TPSA) is 81.2 Å². The quantitative estimate of drug-likeness (QED) is 0.892. The van der Waals surface area contributed by atoms with Gasteiger partial charge in [0.2, 0.25) is 11.1 Å². The first-order valence-electron chi connectivity index (χ1n) is 6.72. The molecule has 2 rings (SSSR count). The molecule has 0 aromatic carbocycles. The minimum Gasteiger partial charge on any atom is -0.353 e. The molecule has 3 N–H and O–H groups in total. The number of aryl methyl sites for hydroxylation is 1. The summed E-state index contributed by atoms with van der Waals surface area (Å²) >= 11 is 5.86. The summed E-state index contributed by atoms with van der Waals surface area (Å²) in [5.74, 6) is 0.0529. The summed E-state index contributed by atoms with van der Waals surface area (Å²) in [6.07, 6.45) is 4.89. The smallest absolute Gasteiger partial charge is 0.229 e. The SMILES string of the molecule is Cc1noc(Cl)c1CCC(=O)NC1CCC(N)CC1.Cl. The van der Waals surface area contributed by atoms with Gasteiger partial charge in [-0.2, -0.15) is 0 Å². The fraction of sp³-hybridized carbons (Fsp3) is 0.692. The first-order valence-corrected chi connectivity index (χ1v) is 7.09. The molecule has 0 saturated heterocycles. The molecule has 0 unspecified atom stereocenters. The maximum atomic E-state index is 11.9. The van der Waals surface area contributed by atoms with E-state index < -0.39 is 0 Å². The molecule has 1 heterocycles. The van der Waals surface area contributed by atoms with Crippen molar-refractivity contribution in [3.63, 3.8) is 0 Å². The van der Waals surface area contributed by atoms with Gasteiger partial charge in [-0.25, -0.2) is 0 Å². The Morgan fingerprint density at radius 2 is 2.10 bits per heavy atom. The summed E-state index contributed by atoms with van der Waals surface area (Å²) < 4.78 is 4.86. The first kappa shape index (κ1) is 17.3. The Hall–Kier alpha value is -0.780. The number of nitrogens with zero attached hydrogens (tertiary/aromatic N) is 1. The normalized spacial score (nSPS) is 22.1. The van der Waals surface area contributed by atoms with Gasteiger partial charge < -0.3 is 15.6 Å². The molecule has 20 heavy (non-hydrogen) atoms. The van der Waals surface area contributed by atoms with Gasteiger partial charge in [0.1, 0.15) is 0 Å². The van der Waals surface area contributed by atoms with Gasteiger partial charge in [-0.05, 0) is 50.6 Å². The zero-order chi connectivity index (χ0) is 13.8. The van der Waals surface area contributed by atoms with Crippen molar-refractivity contribution in [2.24, 2.45) is 5.73 Å². The van der Waals surface area contributed by atoms with Crippen molar-refractivity contribution in [3.05, 3.63) is 16.5 Å². The van der Waals surface area contributed by atoms with Crippen LogP contribution in [0.3, 0.4) is 0 Å². The molecular formula is C13H21Cl2N3O2. The molecule has 1 aromatic rings. The van der Waals surface area contributed by atoms with E-state index >= 15 is 0 Å².